The highest BCUT2D eigenvalue weighted by Crippen LogP contribution is 2.33. The lowest BCUT2D eigenvalue weighted by atomic mass is 9.97. The second-order valence-corrected chi connectivity index (χ2v) is 3.71. The second kappa shape index (κ2) is 3.32. The van der Waals surface area contributed by atoms with E-state index in [1.54, 1.807) is 0 Å². The third-order valence-electron chi connectivity index (χ3n) is 2.79. The first kappa shape index (κ1) is 8.48. The molecule has 1 N–H and O–H groups in total. The molecule has 0 aliphatic carbocycles. The predicted octanol–water partition coefficient (Wildman–Crippen LogP) is 0.561. The molecule has 0 amide bonds. The molecule has 0 saturated carbocycles. The van der Waals surface area contributed by atoms with Gasteiger partial charge in [-0.25, -0.2) is 0 Å². The van der Waals surface area contributed by atoms with Gasteiger partial charge in [-0.3, -0.25) is 0 Å². The van der Waals surface area contributed by atoms with Gasteiger partial charge in [-0.1, -0.05) is 13.3 Å². The van der Waals surface area contributed by atoms with E-state index in [0.717, 1.165) is 19.4 Å². The largest absolute Gasteiger partial charge is 0.388 e. The third kappa shape index (κ3) is 1.26. The Morgan fingerprint density at radius 2 is 2.00 bits per heavy atom. The first-order chi connectivity index (χ1) is 5.83. The first-order valence-corrected chi connectivity index (χ1v) is 4.74. The molecule has 3 nitrogen and oxygen atoms in total. The van der Waals surface area contributed by atoms with Crippen LogP contribution in [0.15, 0.2) is 0 Å². The smallest absolute Gasteiger partial charge is 0.112 e. The van der Waals surface area contributed by atoms with Gasteiger partial charge in [-0.15, -0.1) is 0 Å². The quantitative estimate of drug-likeness (QED) is 0.661. The second-order valence-electron chi connectivity index (χ2n) is 3.71. The molecule has 0 bridgehead atoms. The van der Waals surface area contributed by atoms with Crippen LogP contribution < -0.4 is 0 Å². The van der Waals surface area contributed by atoms with Crippen molar-refractivity contribution in [3.63, 3.8) is 0 Å². The number of aliphatic hydroxyl groups excluding tert-OH is 1. The normalized spacial score (nSPS) is 46.5. The zero-order valence-electron chi connectivity index (χ0n) is 7.40. The standard InChI is InChI=1S/C9H16O3/c1-2-3-6-4-11-9-7(10)5-12-8(6)9/h6-10H,2-5H2,1H3/t6-,7?,8-,9-/m1/s1. The molecule has 3 heteroatoms. The van der Waals surface area contributed by atoms with Crippen LogP contribution >= 0.6 is 0 Å². The molecule has 2 fully saturated rings. The first-order valence-electron chi connectivity index (χ1n) is 4.74. The summed E-state index contributed by atoms with van der Waals surface area (Å²) in [7, 11) is 0. The Morgan fingerprint density at radius 1 is 1.25 bits per heavy atom. The molecule has 0 aromatic carbocycles. The SMILES string of the molecule is CCC[C@@H]1CO[C@@H]2C(O)CO[C@H]12. The summed E-state index contributed by atoms with van der Waals surface area (Å²) in [6, 6.07) is 0. The van der Waals surface area contributed by atoms with Crippen LogP contribution in [0.1, 0.15) is 19.8 Å². The van der Waals surface area contributed by atoms with Crippen molar-refractivity contribution in [3.05, 3.63) is 0 Å². The van der Waals surface area contributed by atoms with E-state index in [2.05, 4.69) is 6.92 Å². The highest BCUT2D eigenvalue weighted by Gasteiger charge is 2.46. The maximum absolute atomic E-state index is 9.44. The summed E-state index contributed by atoms with van der Waals surface area (Å²) in [5, 5.41) is 9.44. The van der Waals surface area contributed by atoms with Crippen molar-refractivity contribution in [2.45, 2.75) is 38.1 Å². The van der Waals surface area contributed by atoms with Gasteiger partial charge in [-0.05, 0) is 6.42 Å². The van der Waals surface area contributed by atoms with E-state index >= 15 is 0 Å². The summed E-state index contributed by atoms with van der Waals surface area (Å²) in [6.07, 6.45) is 2.04. The third-order valence-corrected chi connectivity index (χ3v) is 2.79. The number of aliphatic hydroxyl groups is 1. The monoisotopic (exact) mass is 172 g/mol. The molecular formula is C9H16O3. The Balaban J connectivity index is 1.96. The molecule has 2 saturated heterocycles. The maximum Gasteiger partial charge on any atom is 0.112 e. The minimum Gasteiger partial charge on any atom is -0.388 e. The summed E-state index contributed by atoms with van der Waals surface area (Å²) in [5.74, 6) is 0.511. The summed E-state index contributed by atoms with van der Waals surface area (Å²) in [4.78, 5) is 0. The van der Waals surface area contributed by atoms with Gasteiger partial charge in [0, 0.05) is 5.92 Å². The van der Waals surface area contributed by atoms with Crippen LogP contribution in [0, 0.1) is 5.92 Å². The Bertz CT molecular complexity index is 160. The number of hydrogen-bond donors (Lipinski definition) is 1. The molecule has 0 spiro atoms. The summed E-state index contributed by atoms with van der Waals surface area (Å²) < 4.78 is 11.0. The van der Waals surface area contributed by atoms with Gasteiger partial charge in [-0.2, -0.15) is 0 Å². The molecule has 4 atom stereocenters. The lowest BCUT2D eigenvalue weighted by Crippen LogP contribution is -2.28. The van der Waals surface area contributed by atoms with Crippen molar-refractivity contribution < 1.29 is 14.6 Å². The van der Waals surface area contributed by atoms with E-state index in [0.29, 0.717) is 12.5 Å². The van der Waals surface area contributed by atoms with Gasteiger partial charge in [0.25, 0.3) is 0 Å². The fourth-order valence-electron chi connectivity index (χ4n) is 2.18. The average Bonchev–Trinajstić information content (AvgIpc) is 2.58. The molecule has 0 aromatic rings. The lowest BCUT2D eigenvalue weighted by Gasteiger charge is -2.14. The summed E-state index contributed by atoms with van der Waals surface area (Å²) >= 11 is 0. The molecule has 70 valence electrons. The van der Waals surface area contributed by atoms with Crippen LogP contribution in [0.2, 0.25) is 0 Å². The molecule has 2 rings (SSSR count). The molecule has 2 aliphatic heterocycles. The predicted molar refractivity (Wildman–Crippen MR) is 43.9 cm³/mol. The maximum atomic E-state index is 9.44. The fraction of sp³-hybridized carbons (Fsp3) is 1.00. The highest BCUT2D eigenvalue weighted by atomic mass is 16.6. The highest BCUT2D eigenvalue weighted by molar-refractivity contribution is 4.93. The van der Waals surface area contributed by atoms with E-state index in [1.165, 1.54) is 0 Å². The zero-order chi connectivity index (χ0) is 8.55. The van der Waals surface area contributed by atoms with Gasteiger partial charge in [0.2, 0.25) is 0 Å². The van der Waals surface area contributed by atoms with Gasteiger partial charge in [0.15, 0.2) is 0 Å². The molecule has 2 aliphatic rings. The van der Waals surface area contributed by atoms with Crippen LogP contribution in [0.4, 0.5) is 0 Å². The van der Waals surface area contributed by atoms with Gasteiger partial charge in [0.1, 0.15) is 12.2 Å². The van der Waals surface area contributed by atoms with E-state index in [1.807, 2.05) is 0 Å². The minimum atomic E-state index is -0.392. The number of hydrogen-bond acceptors (Lipinski definition) is 3. The van der Waals surface area contributed by atoms with Crippen LogP contribution in [-0.2, 0) is 9.47 Å². The Hall–Kier alpha value is -0.120. The minimum absolute atomic E-state index is 0.0402. The van der Waals surface area contributed by atoms with Crippen LogP contribution in [0.25, 0.3) is 0 Å². The van der Waals surface area contributed by atoms with Gasteiger partial charge < -0.3 is 14.6 Å². The molecule has 12 heavy (non-hydrogen) atoms. The summed E-state index contributed by atoms with van der Waals surface area (Å²) in [6.45, 7) is 3.38. The topological polar surface area (TPSA) is 38.7 Å². The summed E-state index contributed by atoms with van der Waals surface area (Å²) in [5.41, 5.74) is 0. The Morgan fingerprint density at radius 3 is 2.75 bits per heavy atom. The van der Waals surface area contributed by atoms with E-state index in [9.17, 15) is 5.11 Å². The fourth-order valence-corrected chi connectivity index (χ4v) is 2.18. The molecular weight excluding hydrogens is 156 g/mol. The molecule has 2 heterocycles. The van der Waals surface area contributed by atoms with E-state index in [4.69, 9.17) is 9.47 Å². The van der Waals surface area contributed by atoms with Crippen LogP contribution in [-0.4, -0.2) is 36.6 Å². The van der Waals surface area contributed by atoms with Crippen molar-refractivity contribution >= 4 is 0 Å². The van der Waals surface area contributed by atoms with Crippen molar-refractivity contribution in [1.29, 1.82) is 0 Å². The number of ether oxygens (including phenoxy) is 2. The molecule has 1 unspecified atom stereocenters. The Kier molecular flexibility index (Phi) is 2.35. The van der Waals surface area contributed by atoms with Gasteiger partial charge in [0.05, 0.1) is 19.3 Å². The average molecular weight is 172 g/mol. The number of rotatable bonds is 2. The van der Waals surface area contributed by atoms with Crippen molar-refractivity contribution in [1.82, 2.24) is 0 Å². The molecule has 0 radical (unpaired) electrons. The van der Waals surface area contributed by atoms with Crippen molar-refractivity contribution in [3.8, 4) is 0 Å². The van der Waals surface area contributed by atoms with Crippen LogP contribution in [0.3, 0.4) is 0 Å². The van der Waals surface area contributed by atoms with Crippen molar-refractivity contribution in [2.24, 2.45) is 5.92 Å². The van der Waals surface area contributed by atoms with Crippen LogP contribution in [0.5, 0.6) is 0 Å². The molecule has 0 aromatic heterocycles. The van der Waals surface area contributed by atoms with E-state index < -0.39 is 6.10 Å². The zero-order valence-corrected chi connectivity index (χ0v) is 7.40. The Labute approximate surface area is 72.7 Å². The van der Waals surface area contributed by atoms with Gasteiger partial charge >= 0.3 is 0 Å². The lowest BCUT2D eigenvalue weighted by molar-refractivity contribution is 0.0167. The van der Waals surface area contributed by atoms with E-state index in [-0.39, 0.29) is 12.2 Å². The van der Waals surface area contributed by atoms with Crippen molar-refractivity contribution in [2.75, 3.05) is 13.2 Å². The number of fused-ring (bicyclic) bond motifs is 1.